The smallest absolute Gasteiger partial charge is 0.265 e. The van der Waals surface area contributed by atoms with Gasteiger partial charge in [0.15, 0.2) is 0 Å². The van der Waals surface area contributed by atoms with Gasteiger partial charge in [0, 0.05) is 23.6 Å². The number of carbonyl (C=O) groups is 1. The van der Waals surface area contributed by atoms with E-state index in [1.54, 1.807) is 0 Å². The van der Waals surface area contributed by atoms with Crippen LogP contribution in [0.5, 0.6) is 0 Å². The summed E-state index contributed by atoms with van der Waals surface area (Å²) < 4.78 is 0.899. The minimum absolute atomic E-state index is 0.136. The van der Waals surface area contributed by atoms with Gasteiger partial charge >= 0.3 is 0 Å². The predicted molar refractivity (Wildman–Crippen MR) is 74.3 cm³/mol. The standard InChI is InChI=1S/C12H17BrN2OS/c1-8(14)9-3-2-5-15(7-9)12(16)11-10(13)4-6-17-11/h4,6,8-9H,2-3,5,7,14H2,1H3/t8-,9-/m0/s1. The van der Waals surface area contributed by atoms with Crippen LogP contribution in [-0.2, 0) is 0 Å². The number of carbonyl (C=O) groups excluding carboxylic acids is 1. The highest BCUT2D eigenvalue weighted by molar-refractivity contribution is 9.10. The summed E-state index contributed by atoms with van der Waals surface area (Å²) in [5, 5.41) is 1.93. The van der Waals surface area contributed by atoms with Gasteiger partial charge in [-0.1, -0.05) is 0 Å². The van der Waals surface area contributed by atoms with Crippen LogP contribution in [0.15, 0.2) is 15.9 Å². The van der Waals surface area contributed by atoms with Crippen molar-refractivity contribution in [2.75, 3.05) is 13.1 Å². The van der Waals surface area contributed by atoms with Gasteiger partial charge in [-0.3, -0.25) is 4.79 Å². The van der Waals surface area contributed by atoms with Crippen molar-refractivity contribution in [1.29, 1.82) is 0 Å². The molecule has 0 saturated carbocycles. The molecule has 1 amide bonds. The molecule has 0 aromatic carbocycles. The largest absolute Gasteiger partial charge is 0.338 e. The molecule has 3 nitrogen and oxygen atoms in total. The van der Waals surface area contributed by atoms with Gasteiger partial charge in [0.1, 0.15) is 4.88 Å². The van der Waals surface area contributed by atoms with Crippen molar-refractivity contribution in [2.24, 2.45) is 11.7 Å². The molecular formula is C12H17BrN2OS. The minimum Gasteiger partial charge on any atom is -0.338 e. The zero-order chi connectivity index (χ0) is 12.4. The van der Waals surface area contributed by atoms with E-state index in [0.717, 1.165) is 35.3 Å². The van der Waals surface area contributed by atoms with Crippen LogP contribution in [0, 0.1) is 5.92 Å². The SMILES string of the molecule is C[C@H](N)[C@H]1CCCN(C(=O)c2sccc2Br)C1. The van der Waals surface area contributed by atoms with Crippen molar-refractivity contribution in [3.05, 3.63) is 20.8 Å². The molecule has 0 radical (unpaired) electrons. The summed E-state index contributed by atoms with van der Waals surface area (Å²) in [6.45, 7) is 3.67. The van der Waals surface area contributed by atoms with E-state index in [1.807, 2.05) is 23.3 Å². The second kappa shape index (κ2) is 5.50. The zero-order valence-electron chi connectivity index (χ0n) is 9.86. The van der Waals surface area contributed by atoms with Crippen LogP contribution >= 0.6 is 27.3 Å². The van der Waals surface area contributed by atoms with Crippen molar-refractivity contribution in [1.82, 2.24) is 4.90 Å². The van der Waals surface area contributed by atoms with Crippen LogP contribution in [0.1, 0.15) is 29.4 Å². The first-order valence-electron chi connectivity index (χ1n) is 5.87. The molecule has 17 heavy (non-hydrogen) atoms. The van der Waals surface area contributed by atoms with Gasteiger partial charge in [0.25, 0.3) is 5.91 Å². The maximum absolute atomic E-state index is 12.3. The topological polar surface area (TPSA) is 46.3 Å². The number of likely N-dealkylation sites (tertiary alicyclic amines) is 1. The van der Waals surface area contributed by atoms with Gasteiger partial charge in [0.2, 0.25) is 0 Å². The lowest BCUT2D eigenvalue weighted by Crippen LogP contribution is -2.44. The van der Waals surface area contributed by atoms with Crippen molar-refractivity contribution >= 4 is 33.2 Å². The maximum atomic E-state index is 12.3. The van der Waals surface area contributed by atoms with Gasteiger partial charge < -0.3 is 10.6 Å². The van der Waals surface area contributed by atoms with Crippen molar-refractivity contribution < 1.29 is 4.79 Å². The molecule has 2 heterocycles. The van der Waals surface area contributed by atoms with Crippen LogP contribution < -0.4 is 5.73 Å². The summed E-state index contributed by atoms with van der Waals surface area (Å²) in [7, 11) is 0. The zero-order valence-corrected chi connectivity index (χ0v) is 12.3. The number of amides is 1. The van der Waals surface area contributed by atoms with E-state index in [4.69, 9.17) is 5.73 Å². The van der Waals surface area contributed by atoms with Crippen LogP contribution in [0.2, 0.25) is 0 Å². The highest BCUT2D eigenvalue weighted by Crippen LogP contribution is 2.27. The van der Waals surface area contributed by atoms with E-state index in [1.165, 1.54) is 11.3 Å². The summed E-state index contributed by atoms with van der Waals surface area (Å²) in [5.41, 5.74) is 5.93. The molecule has 1 fully saturated rings. The molecule has 2 atom stereocenters. The molecule has 94 valence electrons. The monoisotopic (exact) mass is 316 g/mol. The first-order chi connectivity index (χ1) is 8.09. The number of thiophene rings is 1. The lowest BCUT2D eigenvalue weighted by molar-refractivity contribution is 0.0665. The van der Waals surface area contributed by atoms with Crippen molar-refractivity contribution in [3.8, 4) is 0 Å². The maximum Gasteiger partial charge on any atom is 0.265 e. The van der Waals surface area contributed by atoms with Gasteiger partial charge in [-0.2, -0.15) is 0 Å². The lowest BCUT2D eigenvalue weighted by Gasteiger charge is -2.34. The third-order valence-corrected chi connectivity index (χ3v) is 5.13. The molecule has 2 rings (SSSR count). The fourth-order valence-corrected chi connectivity index (χ4v) is 3.72. The fraction of sp³-hybridized carbons (Fsp3) is 0.583. The molecule has 1 saturated heterocycles. The Balaban J connectivity index is 2.07. The van der Waals surface area contributed by atoms with Crippen LogP contribution in [0.3, 0.4) is 0 Å². The summed E-state index contributed by atoms with van der Waals surface area (Å²) in [4.78, 5) is 15.1. The van der Waals surface area contributed by atoms with E-state index in [0.29, 0.717) is 5.92 Å². The highest BCUT2D eigenvalue weighted by atomic mass is 79.9. The summed E-state index contributed by atoms with van der Waals surface area (Å²) in [6, 6.07) is 2.09. The Kier molecular flexibility index (Phi) is 4.22. The second-order valence-corrected chi connectivity index (χ2v) is 6.38. The van der Waals surface area contributed by atoms with Gasteiger partial charge in [-0.05, 0) is 53.1 Å². The number of piperidine rings is 1. The van der Waals surface area contributed by atoms with Crippen LogP contribution in [0.4, 0.5) is 0 Å². The molecule has 1 aromatic heterocycles. The predicted octanol–water partition coefficient (Wildman–Crippen LogP) is 2.71. The third kappa shape index (κ3) is 2.89. The van der Waals surface area contributed by atoms with Crippen molar-refractivity contribution in [2.45, 2.75) is 25.8 Å². The molecule has 2 N–H and O–H groups in total. The second-order valence-electron chi connectivity index (χ2n) is 4.61. The Morgan fingerprint density at radius 1 is 1.71 bits per heavy atom. The van der Waals surface area contributed by atoms with Gasteiger partial charge in [-0.15, -0.1) is 11.3 Å². The van der Waals surface area contributed by atoms with Crippen LogP contribution in [-0.4, -0.2) is 29.9 Å². The third-order valence-electron chi connectivity index (χ3n) is 3.30. The van der Waals surface area contributed by atoms with Gasteiger partial charge in [-0.25, -0.2) is 0 Å². The van der Waals surface area contributed by atoms with E-state index in [9.17, 15) is 4.79 Å². The van der Waals surface area contributed by atoms with Crippen molar-refractivity contribution in [3.63, 3.8) is 0 Å². The number of nitrogens with zero attached hydrogens (tertiary/aromatic N) is 1. The van der Waals surface area contributed by atoms with E-state index in [2.05, 4.69) is 15.9 Å². The Labute approximate surface area is 114 Å². The first kappa shape index (κ1) is 13.1. The summed E-state index contributed by atoms with van der Waals surface area (Å²) >= 11 is 4.91. The highest BCUT2D eigenvalue weighted by Gasteiger charge is 2.27. The lowest BCUT2D eigenvalue weighted by atomic mass is 9.92. The number of hydrogen-bond acceptors (Lipinski definition) is 3. The molecule has 1 aliphatic rings. The molecular weight excluding hydrogens is 300 g/mol. The normalized spacial score (nSPS) is 22.5. The molecule has 1 aromatic rings. The molecule has 0 unspecified atom stereocenters. The van der Waals surface area contributed by atoms with E-state index >= 15 is 0 Å². The Morgan fingerprint density at radius 3 is 3.06 bits per heavy atom. The summed E-state index contributed by atoms with van der Waals surface area (Å²) in [5.74, 6) is 0.573. The molecule has 0 spiro atoms. The Morgan fingerprint density at radius 2 is 2.47 bits per heavy atom. The number of hydrogen-bond donors (Lipinski definition) is 1. The van der Waals surface area contributed by atoms with Crippen LogP contribution in [0.25, 0.3) is 0 Å². The number of nitrogens with two attached hydrogens (primary N) is 1. The average molecular weight is 317 g/mol. The summed E-state index contributed by atoms with van der Waals surface area (Å²) in [6.07, 6.45) is 2.19. The Hall–Kier alpha value is -0.390. The quantitative estimate of drug-likeness (QED) is 0.911. The molecule has 0 bridgehead atoms. The van der Waals surface area contributed by atoms with E-state index < -0.39 is 0 Å². The molecule has 0 aliphatic carbocycles. The fourth-order valence-electron chi connectivity index (χ4n) is 2.21. The first-order valence-corrected chi connectivity index (χ1v) is 7.54. The minimum atomic E-state index is 0.136. The average Bonchev–Trinajstić information content (AvgIpc) is 2.74. The Bertz CT molecular complexity index is 405. The molecule has 5 heteroatoms. The number of rotatable bonds is 2. The number of halogens is 1. The molecule has 1 aliphatic heterocycles. The van der Waals surface area contributed by atoms with E-state index in [-0.39, 0.29) is 11.9 Å². The van der Waals surface area contributed by atoms with Gasteiger partial charge in [0.05, 0.1) is 0 Å².